The van der Waals surface area contributed by atoms with Gasteiger partial charge < -0.3 is 16.3 Å². The van der Waals surface area contributed by atoms with Crippen molar-refractivity contribution in [3.63, 3.8) is 0 Å². The highest BCUT2D eigenvalue weighted by atomic mass is 32.2. The van der Waals surface area contributed by atoms with Crippen LogP contribution in [0.25, 0.3) is 0 Å². The van der Waals surface area contributed by atoms with E-state index in [2.05, 4.69) is 10.5 Å². The molecule has 1 unspecified atom stereocenters. The largest absolute Gasteiger partial charge is 0.409 e. The monoisotopic (exact) mass is 313 g/mol. The zero-order chi connectivity index (χ0) is 16.0. The van der Waals surface area contributed by atoms with Gasteiger partial charge in [0.05, 0.1) is 10.9 Å². The molecule has 4 N–H and O–H groups in total. The summed E-state index contributed by atoms with van der Waals surface area (Å²) in [5, 5.41) is 14.2. The number of benzene rings is 1. The van der Waals surface area contributed by atoms with E-state index in [-0.39, 0.29) is 16.3 Å². The van der Waals surface area contributed by atoms with E-state index in [1.54, 1.807) is 0 Å². The predicted octanol–water partition coefficient (Wildman–Crippen LogP) is 0.735. The summed E-state index contributed by atoms with van der Waals surface area (Å²) in [5.74, 6) is -0.574. The molecule has 1 rings (SSSR count). The van der Waals surface area contributed by atoms with Crippen molar-refractivity contribution in [2.24, 2.45) is 10.9 Å². The van der Waals surface area contributed by atoms with Crippen LogP contribution in [-0.4, -0.2) is 37.7 Å². The Morgan fingerprint density at radius 1 is 1.48 bits per heavy atom. The van der Waals surface area contributed by atoms with Crippen LogP contribution in [0.1, 0.15) is 30.1 Å². The van der Waals surface area contributed by atoms with E-state index in [0.29, 0.717) is 6.42 Å². The van der Waals surface area contributed by atoms with Gasteiger partial charge in [0, 0.05) is 11.8 Å². The fourth-order valence-corrected chi connectivity index (χ4v) is 2.43. The number of carbonyl (C=O) groups is 1. The average molecular weight is 313 g/mol. The van der Waals surface area contributed by atoms with Gasteiger partial charge in [-0.25, -0.2) is 8.42 Å². The second-order valence-corrected chi connectivity index (χ2v) is 6.66. The van der Waals surface area contributed by atoms with Crippen LogP contribution in [0, 0.1) is 0 Å². The second-order valence-electron chi connectivity index (χ2n) is 4.64. The van der Waals surface area contributed by atoms with Gasteiger partial charge in [-0.3, -0.25) is 4.79 Å². The molecule has 1 amide bonds. The molecule has 1 atom stereocenters. The van der Waals surface area contributed by atoms with Gasteiger partial charge in [-0.2, -0.15) is 0 Å². The minimum atomic E-state index is -3.39. The summed E-state index contributed by atoms with van der Waals surface area (Å²) in [6.45, 7) is 1.90. The Labute approximate surface area is 123 Å². The summed E-state index contributed by atoms with van der Waals surface area (Å²) < 4.78 is 23.0. The normalized spacial score (nSPS) is 13.7. The molecule has 1 aromatic carbocycles. The number of nitrogens with two attached hydrogens (primary N) is 1. The number of hydrogen-bond acceptors (Lipinski definition) is 5. The Balaban J connectivity index is 2.98. The highest BCUT2D eigenvalue weighted by molar-refractivity contribution is 7.90. The van der Waals surface area contributed by atoms with Crippen LogP contribution >= 0.6 is 0 Å². The van der Waals surface area contributed by atoms with Crippen LogP contribution in [0.15, 0.2) is 34.3 Å². The molecule has 0 bridgehead atoms. The lowest BCUT2D eigenvalue weighted by Crippen LogP contribution is -2.44. The fraction of sp³-hybridized carbons (Fsp3) is 0.385. The number of oxime groups is 1. The number of amides is 1. The Kier molecular flexibility index (Phi) is 5.71. The van der Waals surface area contributed by atoms with Crippen molar-refractivity contribution >= 4 is 21.6 Å². The Hall–Kier alpha value is -2.09. The van der Waals surface area contributed by atoms with Gasteiger partial charge in [0.1, 0.15) is 0 Å². The molecule has 0 saturated carbocycles. The van der Waals surface area contributed by atoms with Crippen molar-refractivity contribution in [1.29, 1.82) is 0 Å². The topological polar surface area (TPSA) is 122 Å². The van der Waals surface area contributed by atoms with E-state index in [9.17, 15) is 13.2 Å². The molecule has 116 valence electrons. The van der Waals surface area contributed by atoms with E-state index >= 15 is 0 Å². The highest BCUT2D eigenvalue weighted by Gasteiger charge is 2.18. The molecule has 0 spiro atoms. The molecule has 0 radical (unpaired) electrons. The smallest absolute Gasteiger partial charge is 0.251 e. The van der Waals surface area contributed by atoms with Gasteiger partial charge in [-0.1, -0.05) is 24.6 Å². The van der Waals surface area contributed by atoms with Crippen molar-refractivity contribution < 1.29 is 18.4 Å². The van der Waals surface area contributed by atoms with Gasteiger partial charge in [-0.05, 0) is 24.6 Å². The summed E-state index contributed by atoms with van der Waals surface area (Å²) in [5.41, 5.74) is 5.72. The Morgan fingerprint density at radius 3 is 2.67 bits per heavy atom. The number of nitrogens with zero attached hydrogens (tertiary/aromatic N) is 1. The number of rotatable bonds is 6. The molecule has 0 saturated heterocycles. The minimum Gasteiger partial charge on any atom is -0.409 e. The first-order valence-electron chi connectivity index (χ1n) is 6.38. The van der Waals surface area contributed by atoms with Crippen molar-refractivity contribution in [2.45, 2.75) is 30.7 Å². The maximum Gasteiger partial charge on any atom is 0.251 e. The third-order valence-electron chi connectivity index (χ3n) is 2.88. The predicted molar refractivity (Wildman–Crippen MR) is 79.1 cm³/mol. The van der Waals surface area contributed by atoms with Gasteiger partial charge in [0.2, 0.25) is 0 Å². The molecule has 0 fully saturated rings. The zero-order valence-corrected chi connectivity index (χ0v) is 12.7. The molecule has 0 aromatic heterocycles. The van der Waals surface area contributed by atoms with E-state index < -0.39 is 21.8 Å². The van der Waals surface area contributed by atoms with Gasteiger partial charge in [0.15, 0.2) is 15.7 Å². The quantitative estimate of drug-likeness (QED) is 0.309. The Morgan fingerprint density at radius 2 is 2.14 bits per heavy atom. The van der Waals surface area contributed by atoms with Crippen LogP contribution in [0.3, 0.4) is 0 Å². The zero-order valence-electron chi connectivity index (χ0n) is 11.9. The molecule has 0 aliphatic carbocycles. The van der Waals surface area contributed by atoms with Crippen molar-refractivity contribution in [3.05, 3.63) is 29.8 Å². The molecule has 21 heavy (non-hydrogen) atoms. The summed E-state index contributed by atoms with van der Waals surface area (Å²) in [4.78, 5) is 12.2. The lowest BCUT2D eigenvalue weighted by Gasteiger charge is -2.16. The lowest BCUT2D eigenvalue weighted by atomic mass is 10.1. The molecule has 1 aromatic rings. The first-order chi connectivity index (χ1) is 9.79. The summed E-state index contributed by atoms with van der Waals surface area (Å²) >= 11 is 0. The molecular weight excluding hydrogens is 294 g/mol. The van der Waals surface area contributed by atoms with Gasteiger partial charge >= 0.3 is 0 Å². The van der Waals surface area contributed by atoms with Crippen LogP contribution in [0.4, 0.5) is 0 Å². The summed E-state index contributed by atoms with van der Waals surface area (Å²) in [7, 11) is -3.39. The number of sulfone groups is 1. The first-order valence-corrected chi connectivity index (χ1v) is 8.27. The van der Waals surface area contributed by atoms with E-state index in [0.717, 1.165) is 12.7 Å². The standard InChI is InChI=1S/C13H19N3O4S/c1-3-5-11(12(14)16-18)15-13(17)9-6-4-7-10(8-9)21(2,19)20/h4,6-8,11,18H,3,5H2,1-2H3,(H2,14,16)(H,15,17). The van der Waals surface area contributed by atoms with Gasteiger partial charge in [-0.15, -0.1) is 0 Å². The van der Waals surface area contributed by atoms with Crippen LogP contribution in [-0.2, 0) is 9.84 Å². The summed E-state index contributed by atoms with van der Waals surface area (Å²) in [6.07, 6.45) is 2.30. The van der Waals surface area contributed by atoms with Crippen molar-refractivity contribution in [3.8, 4) is 0 Å². The third kappa shape index (κ3) is 4.75. The average Bonchev–Trinajstić information content (AvgIpc) is 2.45. The molecule has 8 heteroatoms. The van der Waals surface area contributed by atoms with Crippen LogP contribution in [0.5, 0.6) is 0 Å². The molecule has 0 aliphatic heterocycles. The Bertz CT molecular complexity index is 641. The third-order valence-corrected chi connectivity index (χ3v) is 3.99. The molecular formula is C13H19N3O4S. The van der Waals surface area contributed by atoms with Crippen molar-refractivity contribution in [1.82, 2.24) is 5.32 Å². The number of hydrogen-bond donors (Lipinski definition) is 3. The highest BCUT2D eigenvalue weighted by Crippen LogP contribution is 2.11. The first kappa shape index (κ1) is 17.0. The maximum atomic E-state index is 12.1. The lowest BCUT2D eigenvalue weighted by molar-refractivity contribution is 0.0944. The van der Waals surface area contributed by atoms with E-state index in [1.807, 2.05) is 6.92 Å². The maximum absolute atomic E-state index is 12.1. The van der Waals surface area contributed by atoms with Crippen LogP contribution in [0.2, 0.25) is 0 Å². The van der Waals surface area contributed by atoms with E-state index in [1.165, 1.54) is 24.3 Å². The molecule has 0 heterocycles. The minimum absolute atomic E-state index is 0.0611. The van der Waals surface area contributed by atoms with Gasteiger partial charge in [0.25, 0.3) is 5.91 Å². The SMILES string of the molecule is CCCC(NC(=O)c1cccc(S(C)(=O)=O)c1)/C(N)=N/O. The molecule has 7 nitrogen and oxygen atoms in total. The number of nitrogens with one attached hydrogen (secondary N) is 1. The number of carbonyl (C=O) groups excluding carboxylic acids is 1. The summed E-state index contributed by atoms with van der Waals surface area (Å²) in [6, 6.07) is 5.09. The number of amidine groups is 1. The van der Waals surface area contributed by atoms with E-state index in [4.69, 9.17) is 10.9 Å². The fourth-order valence-electron chi connectivity index (χ4n) is 1.76. The van der Waals surface area contributed by atoms with Crippen molar-refractivity contribution in [2.75, 3.05) is 6.26 Å². The second kappa shape index (κ2) is 7.07. The van der Waals surface area contributed by atoms with Crippen LogP contribution < -0.4 is 11.1 Å². The molecule has 0 aliphatic rings.